The zero-order valence-electron chi connectivity index (χ0n) is 17.4. The Kier molecular flexibility index (Phi) is 5.27. The number of furan rings is 1. The average molecular weight is 456 g/mol. The van der Waals surface area contributed by atoms with Crippen molar-refractivity contribution in [3.63, 3.8) is 0 Å². The number of nitrogens with zero attached hydrogens (tertiary/aromatic N) is 3. The van der Waals surface area contributed by atoms with E-state index in [9.17, 15) is 18.0 Å². The third kappa shape index (κ3) is 4.41. The maximum absolute atomic E-state index is 13.0. The predicted octanol–water partition coefficient (Wildman–Crippen LogP) is 5.52. The number of aromatic nitrogens is 2. The number of alkyl halides is 3. The number of para-hydroxylation sites is 1. The molecule has 2 aromatic carbocycles. The number of carbonyl (C=O) groups excluding carboxylic acids is 1. The summed E-state index contributed by atoms with van der Waals surface area (Å²) >= 11 is 0. The van der Waals surface area contributed by atoms with Gasteiger partial charge in [-0.1, -0.05) is 12.1 Å². The number of nitrogens with one attached hydrogen (secondary N) is 1. The summed E-state index contributed by atoms with van der Waals surface area (Å²) in [6.45, 7) is 1.59. The second-order valence-corrected chi connectivity index (χ2v) is 7.72. The van der Waals surface area contributed by atoms with Crippen molar-refractivity contribution in [3.05, 3.63) is 54.4 Å². The summed E-state index contributed by atoms with van der Waals surface area (Å²) < 4.78 is 47.0. The van der Waals surface area contributed by atoms with E-state index in [0.717, 1.165) is 49.9 Å². The van der Waals surface area contributed by atoms with Crippen LogP contribution < -0.4 is 15.0 Å². The molecule has 1 fully saturated rings. The van der Waals surface area contributed by atoms with Crippen LogP contribution in [0.15, 0.2) is 52.9 Å². The second-order valence-electron chi connectivity index (χ2n) is 7.72. The fourth-order valence-electron chi connectivity index (χ4n) is 3.92. The van der Waals surface area contributed by atoms with Gasteiger partial charge >= 0.3 is 6.36 Å². The Morgan fingerprint density at radius 3 is 2.45 bits per heavy atom. The molecule has 5 rings (SSSR count). The Morgan fingerprint density at radius 1 is 1.00 bits per heavy atom. The monoisotopic (exact) mass is 456 g/mol. The summed E-state index contributed by atoms with van der Waals surface area (Å²) in [6, 6.07) is 12.3. The quantitative estimate of drug-likeness (QED) is 0.436. The molecule has 7 nitrogen and oxygen atoms in total. The Hall–Kier alpha value is -3.82. The molecule has 0 bridgehead atoms. The number of carbonyl (C=O) groups is 1. The van der Waals surface area contributed by atoms with E-state index in [4.69, 9.17) is 4.42 Å². The van der Waals surface area contributed by atoms with Gasteiger partial charge in [-0.2, -0.15) is 0 Å². The first kappa shape index (κ1) is 21.0. The highest BCUT2D eigenvalue weighted by molar-refractivity contribution is 6.09. The summed E-state index contributed by atoms with van der Waals surface area (Å²) in [5.41, 5.74) is 2.01. The van der Waals surface area contributed by atoms with Gasteiger partial charge in [0, 0.05) is 24.2 Å². The van der Waals surface area contributed by atoms with E-state index < -0.39 is 12.3 Å². The van der Waals surface area contributed by atoms with Crippen molar-refractivity contribution >= 4 is 39.5 Å². The number of piperidine rings is 1. The van der Waals surface area contributed by atoms with Gasteiger partial charge in [0.2, 0.25) is 5.82 Å². The molecule has 10 heteroatoms. The molecule has 4 aromatic rings. The Morgan fingerprint density at radius 2 is 1.73 bits per heavy atom. The van der Waals surface area contributed by atoms with Crippen LogP contribution in [-0.2, 0) is 0 Å². The van der Waals surface area contributed by atoms with Crippen LogP contribution in [0.3, 0.4) is 0 Å². The van der Waals surface area contributed by atoms with Crippen molar-refractivity contribution in [1.29, 1.82) is 0 Å². The van der Waals surface area contributed by atoms with Crippen molar-refractivity contribution in [3.8, 4) is 5.75 Å². The fraction of sp³-hybridized carbons (Fsp3) is 0.261. The van der Waals surface area contributed by atoms with Crippen molar-refractivity contribution in [2.45, 2.75) is 25.6 Å². The Bertz CT molecular complexity index is 1310. The fourth-order valence-corrected chi connectivity index (χ4v) is 3.92. The number of benzene rings is 2. The molecule has 0 radical (unpaired) electrons. The van der Waals surface area contributed by atoms with Crippen molar-refractivity contribution in [2.24, 2.45) is 0 Å². The van der Waals surface area contributed by atoms with E-state index in [2.05, 4.69) is 24.9 Å². The van der Waals surface area contributed by atoms with E-state index in [0.29, 0.717) is 22.5 Å². The van der Waals surface area contributed by atoms with Crippen molar-refractivity contribution < 1.29 is 27.1 Å². The molecule has 0 unspecified atom stereocenters. The van der Waals surface area contributed by atoms with E-state index >= 15 is 0 Å². The number of fused-ring (bicyclic) bond motifs is 3. The lowest BCUT2D eigenvalue weighted by molar-refractivity contribution is -0.274. The SMILES string of the molecule is O=C(Nc1ccc(OC(F)(F)F)cc1)c1nc(N2CCCCC2)c2oc3ccccc3c2n1. The summed E-state index contributed by atoms with van der Waals surface area (Å²) in [7, 11) is 0. The number of anilines is 2. The van der Waals surface area contributed by atoms with Gasteiger partial charge in [0.1, 0.15) is 16.8 Å². The minimum Gasteiger partial charge on any atom is -0.450 e. The molecular weight excluding hydrogens is 437 g/mol. The number of ether oxygens (including phenoxy) is 1. The van der Waals surface area contributed by atoms with Crippen LogP contribution in [-0.4, -0.2) is 35.3 Å². The molecule has 33 heavy (non-hydrogen) atoms. The van der Waals surface area contributed by atoms with Crippen LogP contribution in [0.4, 0.5) is 24.7 Å². The molecule has 1 aliphatic heterocycles. The first-order valence-electron chi connectivity index (χ1n) is 10.5. The van der Waals surface area contributed by atoms with Crippen LogP contribution in [0, 0.1) is 0 Å². The number of rotatable bonds is 4. The first-order valence-corrected chi connectivity index (χ1v) is 10.5. The molecule has 0 spiro atoms. The van der Waals surface area contributed by atoms with Crippen LogP contribution in [0.25, 0.3) is 22.1 Å². The average Bonchev–Trinajstić information content (AvgIpc) is 3.18. The van der Waals surface area contributed by atoms with Gasteiger partial charge in [0.25, 0.3) is 5.91 Å². The van der Waals surface area contributed by atoms with Gasteiger partial charge in [-0.05, 0) is 55.7 Å². The van der Waals surface area contributed by atoms with E-state index in [1.54, 1.807) is 0 Å². The molecule has 1 saturated heterocycles. The Labute approximate surface area is 186 Å². The normalized spacial score (nSPS) is 14.6. The predicted molar refractivity (Wildman–Crippen MR) is 116 cm³/mol. The summed E-state index contributed by atoms with van der Waals surface area (Å²) in [4.78, 5) is 24.0. The lowest BCUT2D eigenvalue weighted by Gasteiger charge is -2.27. The highest BCUT2D eigenvalue weighted by atomic mass is 19.4. The minimum absolute atomic E-state index is 0.0507. The highest BCUT2D eigenvalue weighted by Gasteiger charge is 2.31. The highest BCUT2D eigenvalue weighted by Crippen LogP contribution is 2.34. The van der Waals surface area contributed by atoms with Gasteiger partial charge < -0.3 is 19.4 Å². The molecule has 1 N–H and O–H groups in total. The molecular formula is C23H19F3N4O3. The van der Waals surface area contributed by atoms with E-state index in [1.165, 1.54) is 12.1 Å². The van der Waals surface area contributed by atoms with Gasteiger partial charge in [0.05, 0.1) is 0 Å². The zero-order chi connectivity index (χ0) is 23.0. The second kappa shape index (κ2) is 8.27. The number of amides is 1. The molecule has 0 aliphatic carbocycles. The first-order chi connectivity index (χ1) is 15.9. The van der Waals surface area contributed by atoms with Crippen LogP contribution in [0.1, 0.15) is 29.9 Å². The van der Waals surface area contributed by atoms with Crippen molar-refractivity contribution in [2.75, 3.05) is 23.3 Å². The summed E-state index contributed by atoms with van der Waals surface area (Å²) in [5, 5.41) is 3.41. The number of hydrogen-bond acceptors (Lipinski definition) is 6. The van der Waals surface area contributed by atoms with Crippen LogP contribution >= 0.6 is 0 Å². The zero-order valence-corrected chi connectivity index (χ0v) is 17.4. The van der Waals surface area contributed by atoms with Crippen LogP contribution in [0.5, 0.6) is 5.75 Å². The van der Waals surface area contributed by atoms with Gasteiger partial charge in [-0.25, -0.2) is 9.97 Å². The lowest BCUT2D eigenvalue weighted by atomic mass is 10.1. The van der Waals surface area contributed by atoms with Gasteiger partial charge in [0.15, 0.2) is 11.4 Å². The topological polar surface area (TPSA) is 80.5 Å². The number of hydrogen-bond donors (Lipinski definition) is 1. The molecule has 1 amide bonds. The lowest BCUT2D eigenvalue weighted by Crippen LogP contribution is -2.31. The smallest absolute Gasteiger partial charge is 0.450 e. The molecule has 0 saturated carbocycles. The maximum Gasteiger partial charge on any atom is 0.573 e. The maximum atomic E-state index is 13.0. The largest absolute Gasteiger partial charge is 0.573 e. The third-order valence-corrected chi connectivity index (χ3v) is 5.41. The van der Waals surface area contributed by atoms with E-state index in [1.807, 2.05) is 24.3 Å². The molecule has 170 valence electrons. The summed E-state index contributed by atoms with van der Waals surface area (Å²) in [6.07, 6.45) is -1.63. The third-order valence-electron chi connectivity index (χ3n) is 5.41. The summed E-state index contributed by atoms with van der Waals surface area (Å²) in [5.74, 6) is -0.444. The standard InChI is InChI=1S/C23H19F3N4O3/c24-23(25,26)33-15-10-8-14(9-11-15)27-22(31)20-28-18-16-6-2-3-7-17(16)32-19(18)21(29-20)30-12-4-1-5-13-30/h2-3,6-11H,1,4-5,12-13H2,(H,27,31). The molecule has 1 aliphatic rings. The van der Waals surface area contributed by atoms with E-state index in [-0.39, 0.29) is 17.3 Å². The Balaban J connectivity index is 1.49. The molecule has 3 heterocycles. The van der Waals surface area contributed by atoms with Crippen molar-refractivity contribution in [1.82, 2.24) is 9.97 Å². The molecule has 0 atom stereocenters. The minimum atomic E-state index is -4.79. The molecule has 2 aromatic heterocycles. The van der Waals surface area contributed by atoms with Crippen LogP contribution in [0.2, 0.25) is 0 Å². The van der Waals surface area contributed by atoms with Gasteiger partial charge in [-0.15, -0.1) is 13.2 Å². The van der Waals surface area contributed by atoms with Gasteiger partial charge in [-0.3, -0.25) is 4.79 Å². The number of halogens is 3.